The highest BCUT2D eigenvalue weighted by Crippen LogP contribution is 2.42. The Morgan fingerprint density at radius 1 is 1.35 bits per heavy atom. The van der Waals surface area contributed by atoms with Gasteiger partial charge >= 0.3 is 0 Å². The van der Waals surface area contributed by atoms with E-state index in [1.165, 1.54) is 24.2 Å². The summed E-state index contributed by atoms with van der Waals surface area (Å²) in [5.41, 5.74) is 3.22. The normalized spacial score (nSPS) is 30.1. The van der Waals surface area contributed by atoms with Crippen LogP contribution in [0.25, 0.3) is 0 Å². The summed E-state index contributed by atoms with van der Waals surface area (Å²) in [6.07, 6.45) is 0. The summed E-state index contributed by atoms with van der Waals surface area (Å²) in [4.78, 5) is 4.94. The average molecular weight is 274 g/mol. The maximum absolute atomic E-state index is 5.78. The van der Waals surface area contributed by atoms with Gasteiger partial charge in [-0.1, -0.05) is 24.3 Å². The van der Waals surface area contributed by atoms with Crippen LogP contribution in [0.4, 0.5) is 0 Å². The number of nitrogens with zero attached hydrogens (tertiary/aromatic N) is 2. The second kappa shape index (κ2) is 5.47. The van der Waals surface area contributed by atoms with Crippen LogP contribution in [0, 0.1) is 18.3 Å². The molecule has 2 heterocycles. The zero-order chi connectivity index (χ0) is 14.2. The third kappa shape index (κ3) is 2.62. The maximum atomic E-state index is 5.78. The summed E-state index contributed by atoms with van der Waals surface area (Å²) in [5, 5.41) is 0. The van der Waals surface area contributed by atoms with E-state index in [0.29, 0.717) is 11.3 Å². The minimum atomic E-state index is 0.353. The van der Waals surface area contributed by atoms with Crippen molar-refractivity contribution in [2.45, 2.75) is 13.5 Å². The van der Waals surface area contributed by atoms with Gasteiger partial charge in [0.05, 0.1) is 13.2 Å². The zero-order valence-corrected chi connectivity index (χ0v) is 12.9. The van der Waals surface area contributed by atoms with Gasteiger partial charge in [0.25, 0.3) is 0 Å². The molecule has 3 nitrogen and oxygen atoms in total. The van der Waals surface area contributed by atoms with Crippen LogP contribution in [-0.4, -0.2) is 56.7 Å². The molecule has 2 saturated heterocycles. The van der Waals surface area contributed by atoms with E-state index >= 15 is 0 Å². The first-order chi connectivity index (χ1) is 9.59. The van der Waals surface area contributed by atoms with Crippen LogP contribution in [-0.2, 0) is 11.3 Å². The SMILES string of the molecule is Cc1ccccc1CN1C[C@@H]2COC[C@]2(CN(C)C)C1. The molecule has 0 unspecified atom stereocenters. The van der Waals surface area contributed by atoms with Crippen molar-refractivity contribution in [1.29, 1.82) is 0 Å². The molecule has 0 N–H and O–H groups in total. The van der Waals surface area contributed by atoms with Crippen molar-refractivity contribution in [1.82, 2.24) is 9.80 Å². The smallest absolute Gasteiger partial charge is 0.0551 e. The van der Waals surface area contributed by atoms with Gasteiger partial charge in [-0.15, -0.1) is 0 Å². The van der Waals surface area contributed by atoms with E-state index in [1.54, 1.807) is 0 Å². The van der Waals surface area contributed by atoms with Crippen LogP contribution in [0.2, 0.25) is 0 Å². The van der Waals surface area contributed by atoms with Crippen molar-refractivity contribution < 1.29 is 4.74 Å². The number of hydrogen-bond acceptors (Lipinski definition) is 3. The molecular formula is C17H26N2O. The molecule has 20 heavy (non-hydrogen) atoms. The van der Waals surface area contributed by atoms with E-state index in [1.807, 2.05) is 0 Å². The van der Waals surface area contributed by atoms with E-state index < -0.39 is 0 Å². The minimum absolute atomic E-state index is 0.353. The monoisotopic (exact) mass is 274 g/mol. The first kappa shape index (κ1) is 14.1. The summed E-state index contributed by atoms with van der Waals surface area (Å²) in [6, 6.07) is 8.75. The van der Waals surface area contributed by atoms with Crippen LogP contribution in [0.3, 0.4) is 0 Å². The van der Waals surface area contributed by atoms with E-state index in [0.717, 1.165) is 26.3 Å². The molecule has 2 atom stereocenters. The summed E-state index contributed by atoms with van der Waals surface area (Å²) in [6.45, 7) is 8.66. The third-order valence-corrected chi connectivity index (χ3v) is 4.88. The van der Waals surface area contributed by atoms with Crippen molar-refractivity contribution in [2.75, 3.05) is 46.9 Å². The van der Waals surface area contributed by atoms with Crippen LogP contribution in [0.1, 0.15) is 11.1 Å². The van der Waals surface area contributed by atoms with Crippen LogP contribution >= 0.6 is 0 Å². The van der Waals surface area contributed by atoms with Crippen molar-refractivity contribution >= 4 is 0 Å². The van der Waals surface area contributed by atoms with Crippen molar-refractivity contribution in [3.63, 3.8) is 0 Å². The molecule has 1 aromatic rings. The summed E-state index contributed by atoms with van der Waals surface area (Å²) in [7, 11) is 4.35. The fourth-order valence-corrected chi connectivity index (χ4v) is 3.95. The molecule has 0 spiro atoms. The first-order valence-corrected chi connectivity index (χ1v) is 7.58. The number of likely N-dealkylation sites (tertiary alicyclic amines) is 1. The molecular weight excluding hydrogens is 248 g/mol. The Balaban J connectivity index is 1.71. The fraction of sp³-hybridized carbons (Fsp3) is 0.647. The molecule has 3 rings (SSSR count). The zero-order valence-electron chi connectivity index (χ0n) is 12.9. The maximum Gasteiger partial charge on any atom is 0.0551 e. The van der Waals surface area contributed by atoms with Crippen molar-refractivity contribution in [3.8, 4) is 0 Å². The third-order valence-electron chi connectivity index (χ3n) is 4.88. The van der Waals surface area contributed by atoms with Gasteiger partial charge in [-0.25, -0.2) is 0 Å². The fourth-order valence-electron chi connectivity index (χ4n) is 3.95. The number of fused-ring (bicyclic) bond motifs is 1. The Hall–Kier alpha value is -0.900. The van der Waals surface area contributed by atoms with Crippen molar-refractivity contribution in [3.05, 3.63) is 35.4 Å². The topological polar surface area (TPSA) is 15.7 Å². The van der Waals surface area contributed by atoms with Gasteiger partial charge in [0.15, 0.2) is 0 Å². The second-order valence-electron chi connectivity index (χ2n) is 6.91. The molecule has 0 aliphatic carbocycles. The quantitative estimate of drug-likeness (QED) is 0.835. The standard InChI is InChI=1S/C17H26N2O/c1-14-6-4-5-7-15(14)8-19-9-16-10-20-13-17(16,12-19)11-18(2)3/h4-7,16H,8-13H2,1-3H3/t16-,17+/m1/s1. The Kier molecular flexibility index (Phi) is 3.85. The average Bonchev–Trinajstić information content (AvgIpc) is 2.87. The van der Waals surface area contributed by atoms with Gasteiger partial charge in [-0.3, -0.25) is 4.90 Å². The van der Waals surface area contributed by atoms with Gasteiger partial charge in [-0.2, -0.15) is 0 Å². The molecule has 3 heteroatoms. The Bertz CT molecular complexity index is 474. The highest BCUT2D eigenvalue weighted by Gasteiger charge is 2.50. The lowest BCUT2D eigenvalue weighted by atomic mass is 9.81. The first-order valence-electron chi connectivity index (χ1n) is 7.58. The Morgan fingerprint density at radius 2 is 2.15 bits per heavy atom. The number of benzene rings is 1. The van der Waals surface area contributed by atoms with E-state index in [9.17, 15) is 0 Å². The summed E-state index contributed by atoms with van der Waals surface area (Å²) < 4.78 is 5.78. The number of ether oxygens (including phenoxy) is 1. The van der Waals surface area contributed by atoms with Crippen molar-refractivity contribution in [2.24, 2.45) is 11.3 Å². The molecule has 1 aromatic carbocycles. The lowest BCUT2D eigenvalue weighted by Crippen LogP contribution is -2.40. The predicted molar refractivity (Wildman–Crippen MR) is 81.8 cm³/mol. The highest BCUT2D eigenvalue weighted by atomic mass is 16.5. The molecule has 2 aliphatic heterocycles. The van der Waals surface area contributed by atoms with E-state index in [2.05, 4.69) is 55.1 Å². The number of hydrogen-bond donors (Lipinski definition) is 0. The minimum Gasteiger partial charge on any atom is -0.380 e. The largest absolute Gasteiger partial charge is 0.380 e. The number of rotatable bonds is 4. The Labute approximate surface area is 122 Å². The lowest BCUT2D eigenvalue weighted by molar-refractivity contribution is 0.109. The number of aryl methyl sites for hydroxylation is 1. The predicted octanol–water partition coefficient (Wildman–Crippen LogP) is 2.01. The van der Waals surface area contributed by atoms with Gasteiger partial charge in [0.2, 0.25) is 0 Å². The molecule has 0 saturated carbocycles. The van der Waals surface area contributed by atoms with Gasteiger partial charge in [0.1, 0.15) is 0 Å². The van der Waals surface area contributed by atoms with Crippen LogP contribution in [0.5, 0.6) is 0 Å². The van der Waals surface area contributed by atoms with Gasteiger partial charge in [-0.05, 0) is 32.1 Å². The molecule has 0 aromatic heterocycles. The van der Waals surface area contributed by atoms with E-state index in [4.69, 9.17) is 4.74 Å². The molecule has 0 amide bonds. The van der Waals surface area contributed by atoms with Crippen LogP contribution < -0.4 is 0 Å². The highest BCUT2D eigenvalue weighted by molar-refractivity contribution is 5.25. The lowest BCUT2D eigenvalue weighted by Gasteiger charge is -2.30. The summed E-state index contributed by atoms with van der Waals surface area (Å²) >= 11 is 0. The molecule has 0 bridgehead atoms. The molecule has 0 radical (unpaired) electrons. The molecule has 110 valence electrons. The van der Waals surface area contributed by atoms with Crippen LogP contribution in [0.15, 0.2) is 24.3 Å². The summed E-state index contributed by atoms with van der Waals surface area (Å²) in [5.74, 6) is 0.703. The van der Waals surface area contributed by atoms with Gasteiger partial charge < -0.3 is 9.64 Å². The van der Waals surface area contributed by atoms with E-state index in [-0.39, 0.29) is 0 Å². The molecule has 2 aliphatic rings. The molecule has 2 fully saturated rings. The Morgan fingerprint density at radius 3 is 2.90 bits per heavy atom. The van der Waals surface area contributed by atoms with Gasteiger partial charge in [0, 0.05) is 37.5 Å². The second-order valence-corrected chi connectivity index (χ2v) is 6.91.